The quantitative estimate of drug-likeness (QED) is 0.745. The first-order valence-corrected chi connectivity index (χ1v) is 7.26. The van der Waals surface area contributed by atoms with E-state index in [1.807, 2.05) is 20.9 Å². The number of nitrogens with one attached hydrogen (secondary N) is 2. The van der Waals surface area contributed by atoms with Gasteiger partial charge in [-0.1, -0.05) is 12.1 Å². The van der Waals surface area contributed by atoms with Crippen LogP contribution < -0.4 is 10.6 Å². The Morgan fingerprint density at radius 1 is 1.39 bits per heavy atom. The van der Waals surface area contributed by atoms with Gasteiger partial charge in [0.1, 0.15) is 0 Å². The second-order valence-corrected chi connectivity index (χ2v) is 5.67. The maximum atomic E-state index is 11.5. The van der Waals surface area contributed by atoms with E-state index in [9.17, 15) is 4.79 Å². The number of carbonyl (C=O) groups is 1. The molecule has 3 nitrogen and oxygen atoms in total. The predicted octanol–water partition coefficient (Wildman–Crippen LogP) is 2.41. The maximum Gasteiger partial charge on any atom is 0.221 e. The first kappa shape index (κ1) is 15.1. The van der Waals surface area contributed by atoms with Crippen molar-refractivity contribution < 1.29 is 4.79 Å². The van der Waals surface area contributed by atoms with Gasteiger partial charge in [-0.05, 0) is 38.6 Å². The molecular formula is C14H22N2OS. The molecule has 1 aromatic carbocycles. The molecule has 0 aliphatic heterocycles. The highest BCUT2D eigenvalue weighted by Gasteiger charge is 2.03. The van der Waals surface area contributed by atoms with Gasteiger partial charge in [0, 0.05) is 29.7 Å². The van der Waals surface area contributed by atoms with Gasteiger partial charge < -0.3 is 10.6 Å². The first-order valence-electron chi connectivity index (χ1n) is 6.27. The van der Waals surface area contributed by atoms with E-state index in [2.05, 4.69) is 34.9 Å². The van der Waals surface area contributed by atoms with Crippen molar-refractivity contribution in [3.8, 4) is 0 Å². The third kappa shape index (κ3) is 6.07. The van der Waals surface area contributed by atoms with Crippen LogP contribution in [-0.2, 0) is 11.3 Å². The Bertz CT molecular complexity index is 380. The van der Waals surface area contributed by atoms with Crippen molar-refractivity contribution in [2.24, 2.45) is 0 Å². The highest BCUT2D eigenvalue weighted by molar-refractivity contribution is 7.99. The van der Waals surface area contributed by atoms with E-state index in [0.29, 0.717) is 6.42 Å². The number of hydrogen-bond donors (Lipinski definition) is 2. The van der Waals surface area contributed by atoms with Crippen LogP contribution in [0.25, 0.3) is 0 Å². The minimum atomic E-state index is 0.129. The summed E-state index contributed by atoms with van der Waals surface area (Å²) < 4.78 is 0. The Hall–Kier alpha value is -1.00. The van der Waals surface area contributed by atoms with Crippen LogP contribution >= 0.6 is 11.8 Å². The van der Waals surface area contributed by atoms with Crippen molar-refractivity contribution in [3.05, 3.63) is 29.8 Å². The van der Waals surface area contributed by atoms with Gasteiger partial charge >= 0.3 is 0 Å². The van der Waals surface area contributed by atoms with Crippen molar-refractivity contribution in [1.29, 1.82) is 0 Å². The van der Waals surface area contributed by atoms with Crippen molar-refractivity contribution in [2.45, 2.75) is 37.8 Å². The molecule has 0 aromatic heterocycles. The molecule has 1 rings (SSSR count). The molecule has 0 saturated heterocycles. The molecule has 0 saturated carbocycles. The zero-order valence-corrected chi connectivity index (χ0v) is 12.1. The highest BCUT2D eigenvalue weighted by Crippen LogP contribution is 2.19. The number of benzene rings is 1. The Morgan fingerprint density at radius 3 is 2.83 bits per heavy atom. The van der Waals surface area contributed by atoms with Gasteiger partial charge in [0.2, 0.25) is 5.91 Å². The van der Waals surface area contributed by atoms with Crippen LogP contribution in [0.15, 0.2) is 29.2 Å². The van der Waals surface area contributed by atoms with Crippen molar-refractivity contribution in [3.63, 3.8) is 0 Å². The molecule has 100 valence electrons. The molecule has 0 aliphatic rings. The third-order valence-electron chi connectivity index (χ3n) is 2.33. The average molecular weight is 266 g/mol. The summed E-state index contributed by atoms with van der Waals surface area (Å²) in [4.78, 5) is 12.7. The fourth-order valence-corrected chi connectivity index (χ4v) is 2.54. The summed E-state index contributed by atoms with van der Waals surface area (Å²) in [5.74, 6) is 0.950. The molecule has 0 bridgehead atoms. The third-order valence-corrected chi connectivity index (χ3v) is 3.32. The molecule has 0 aliphatic carbocycles. The zero-order chi connectivity index (χ0) is 13.4. The van der Waals surface area contributed by atoms with Gasteiger partial charge in [-0.15, -0.1) is 11.8 Å². The highest BCUT2D eigenvalue weighted by atomic mass is 32.2. The molecule has 0 heterocycles. The smallest absolute Gasteiger partial charge is 0.221 e. The van der Waals surface area contributed by atoms with Crippen molar-refractivity contribution >= 4 is 17.7 Å². The Labute approximate surface area is 114 Å². The maximum absolute atomic E-state index is 11.5. The summed E-state index contributed by atoms with van der Waals surface area (Å²) >= 11 is 1.73. The fourth-order valence-electron chi connectivity index (χ4n) is 1.61. The minimum absolute atomic E-state index is 0.129. The lowest BCUT2D eigenvalue weighted by Crippen LogP contribution is -2.30. The predicted molar refractivity (Wildman–Crippen MR) is 77.8 cm³/mol. The summed E-state index contributed by atoms with van der Waals surface area (Å²) in [5, 5.41) is 6.03. The molecule has 4 heteroatoms. The van der Waals surface area contributed by atoms with Crippen LogP contribution in [0.3, 0.4) is 0 Å². The van der Waals surface area contributed by atoms with Gasteiger partial charge in [0.15, 0.2) is 0 Å². The monoisotopic (exact) mass is 266 g/mol. The Kier molecular flexibility index (Phi) is 6.83. The summed E-state index contributed by atoms with van der Waals surface area (Å²) in [6.07, 6.45) is 0.569. The summed E-state index contributed by atoms with van der Waals surface area (Å²) in [5.41, 5.74) is 1.27. The molecule has 0 spiro atoms. The Balaban J connectivity index is 2.34. The second-order valence-electron chi connectivity index (χ2n) is 4.50. The van der Waals surface area contributed by atoms with Crippen LogP contribution in [0.1, 0.15) is 25.8 Å². The van der Waals surface area contributed by atoms with E-state index in [1.165, 1.54) is 10.5 Å². The van der Waals surface area contributed by atoms with Crippen LogP contribution in [0.2, 0.25) is 0 Å². The largest absolute Gasteiger partial charge is 0.354 e. The van der Waals surface area contributed by atoms with E-state index in [0.717, 1.165) is 12.3 Å². The van der Waals surface area contributed by atoms with Gasteiger partial charge in [0.25, 0.3) is 0 Å². The normalized spacial score (nSPS) is 10.7. The summed E-state index contributed by atoms with van der Waals surface area (Å²) in [6, 6.07) is 8.64. The number of thioether (sulfide) groups is 1. The molecule has 2 N–H and O–H groups in total. The molecule has 0 radical (unpaired) electrons. The second kappa shape index (κ2) is 8.16. The lowest BCUT2D eigenvalue weighted by Gasteiger charge is -2.08. The van der Waals surface area contributed by atoms with Crippen LogP contribution in [0.4, 0.5) is 0 Å². The minimum Gasteiger partial charge on any atom is -0.354 e. The summed E-state index contributed by atoms with van der Waals surface area (Å²) in [7, 11) is 1.94. The fraction of sp³-hybridized carbons (Fsp3) is 0.500. The van der Waals surface area contributed by atoms with Gasteiger partial charge in [-0.2, -0.15) is 0 Å². The topological polar surface area (TPSA) is 41.1 Å². The summed E-state index contributed by atoms with van der Waals surface area (Å²) in [6.45, 7) is 4.83. The van der Waals surface area contributed by atoms with Gasteiger partial charge in [-0.3, -0.25) is 4.79 Å². The molecule has 18 heavy (non-hydrogen) atoms. The van der Waals surface area contributed by atoms with Crippen LogP contribution in [-0.4, -0.2) is 24.7 Å². The van der Waals surface area contributed by atoms with E-state index in [1.54, 1.807) is 11.8 Å². The Morgan fingerprint density at radius 2 is 2.17 bits per heavy atom. The number of carbonyl (C=O) groups excluding carboxylic acids is 1. The van der Waals surface area contributed by atoms with Gasteiger partial charge in [-0.25, -0.2) is 0 Å². The number of rotatable bonds is 7. The van der Waals surface area contributed by atoms with Crippen LogP contribution in [0.5, 0.6) is 0 Å². The van der Waals surface area contributed by atoms with E-state index in [4.69, 9.17) is 0 Å². The standard InChI is InChI=1S/C14H22N2OS/c1-11(2)16-14(17)7-8-18-13-6-4-5-12(9-13)10-15-3/h4-6,9,11,15H,7-8,10H2,1-3H3,(H,16,17). The molecule has 1 amide bonds. The zero-order valence-electron chi connectivity index (χ0n) is 11.3. The van der Waals surface area contributed by atoms with Gasteiger partial charge in [0.05, 0.1) is 0 Å². The molecule has 0 atom stereocenters. The average Bonchev–Trinajstić information content (AvgIpc) is 2.29. The van der Waals surface area contributed by atoms with Crippen LogP contribution in [0, 0.1) is 0 Å². The van der Waals surface area contributed by atoms with Crippen molar-refractivity contribution in [1.82, 2.24) is 10.6 Å². The molecular weight excluding hydrogens is 244 g/mol. The SMILES string of the molecule is CNCc1cccc(SCCC(=O)NC(C)C)c1. The molecule has 0 unspecified atom stereocenters. The number of amides is 1. The lowest BCUT2D eigenvalue weighted by molar-refractivity contribution is -0.121. The molecule has 1 aromatic rings. The van der Waals surface area contributed by atoms with E-state index < -0.39 is 0 Å². The number of hydrogen-bond acceptors (Lipinski definition) is 3. The first-order chi connectivity index (χ1) is 8.61. The van der Waals surface area contributed by atoms with Crippen molar-refractivity contribution in [2.75, 3.05) is 12.8 Å². The lowest BCUT2D eigenvalue weighted by atomic mass is 10.2. The van der Waals surface area contributed by atoms with E-state index in [-0.39, 0.29) is 11.9 Å². The molecule has 0 fully saturated rings. The van der Waals surface area contributed by atoms with E-state index >= 15 is 0 Å².